The minimum Gasteiger partial charge on any atom is -0.297 e. The number of aromatic amines is 1. The first-order valence-electron chi connectivity index (χ1n) is 6.35. The molecule has 0 saturated heterocycles. The molecule has 0 aliphatic heterocycles. The van der Waals surface area contributed by atoms with Crippen molar-refractivity contribution in [2.45, 2.75) is 39.2 Å². The molecular weight excluding hydrogens is 244 g/mol. The van der Waals surface area contributed by atoms with E-state index in [9.17, 15) is 0 Å². The second kappa shape index (κ2) is 5.91. The molecule has 5 heteroatoms. The summed E-state index contributed by atoms with van der Waals surface area (Å²) < 4.78 is 2.81. The summed E-state index contributed by atoms with van der Waals surface area (Å²) in [6.45, 7) is 4.37. The molecule has 96 valence electrons. The van der Waals surface area contributed by atoms with E-state index in [1.165, 1.54) is 0 Å². The summed E-state index contributed by atoms with van der Waals surface area (Å²) in [4.78, 5) is 4.14. The topological polar surface area (TPSA) is 46.5 Å². The average molecular weight is 262 g/mol. The van der Waals surface area contributed by atoms with E-state index in [0.29, 0.717) is 10.8 Å². The van der Waals surface area contributed by atoms with Crippen LogP contribution < -0.4 is 0 Å². The third kappa shape index (κ3) is 2.51. The average Bonchev–Trinajstić information content (AvgIpc) is 2.79. The zero-order valence-corrected chi connectivity index (χ0v) is 11.6. The van der Waals surface area contributed by atoms with E-state index in [1.807, 2.05) is 18.3 Å². The molecule has 0 aromatic carbocycles. The smallest absolute Gasteiger partial charge is 0.195 e. The Morgan fingerprint density at radius 2 is 2.28 bits per heavy atom. The van der Waals surface area contributed by atoms with Crippen LogP contribution in [0.3, 0.4) is 0 Å². The Morgan fingerprint density at radius 3 is 2.89 bits per heavy atom. The van der Waals surface area contributed by atoms with Gasteiger partial charge in [0.2, 0.25) is 0 Å². The minimum atomic E-state index is 0.399. The van der Waals surface area contributed by atoms with Gasteiger partial charge in [-0.05, 0) is 37.2 Å². The molecule has 0 amide bonds. The van der Waals surface area contributed by atoms with E-state index in [1.54, 1.807) is 6.20 Å². The predicted octanol–water partition coefficient (Wildman–Crippen LogP) is 3.75. The Hall–Kier alpha value is -1.49. The molecule has 0 saturated carbocycles. The van der Waals surface area contributed by atoms with Crippen molar-refractivity contribution in [3.63, 3.8) is 0 Å². The number of H-pyrrole nitrogens is 1. The van der Waals surface area contributed by atoms with Gasteiger partial charge < -0.3 is 0 Å². The second-order valence-electron chi connectivity index (χ2n) is 4.31. The van der Waals surface area contributed by atoms with Gasteiger partial charge >= 0.3 is 0 Å². The number of nitrogens with one attached hydrogen (secondary N) is 1. The van der Waals surface area contributed by atoms with Crippen molar-refractivity contribution in [2.24, 2.45) is 0 Å². The molecule has 1 unspecified atom stereocenters. The third-order valence-electron chi connectivity index (χ3n) is 3.08. The van der Waals surface area contributed by atoms with Gasteiger partial charge in [-0.15, -0.1) is 0 Å². The Morgan fingerprint density at radius 1 is 1.44 bits per heavy atom. The van der Waals surface area contributed by atoms with Gasteiger partial charge in [0.1, 0.15) is 0 Å². The van der Waals surface area contributed by atoms with E-state index >= 15 is 0 Å². The molecule has 0 aliphatic carbocycles. The molecule has 2 aromatic heterocycles. The molecular formula is C13H18N4S. The lowest BCUT2D eigenvalue weighted by Gasteiger charge is -2.17. The highest BCUT2D eigenvalue weighted by Gasteiger charge is 2.16. The highest BCUT2D eigenvalue weighted by molar-refractivity contribution is 7.71. The van der Waals surface area contributed by atoms with Crippen LogP contribution in [0, 0.1) is 4.77 Å². The summed E-state index contributed by atoms with van der Waals surface area (Å²) in [5.74, 6) is 0.883. The van der Waals surface area contributed by atoms with Crippen molar-refractivity contribution in [3.8, 4) is 11.4 Å². The molecule has 18 heavy (non-hydrogen) atoms. The number of nitrogens with zero attached hydrogens (tertiary/aromatic N) is 3. The van der Waals surface area contributed by atoms with E-state index in [4.69, 9.17) is 12.2 Å². The van der Waals surface area contributed by atoms with E-state index in [-0.39, 0.29) is 0 Å². The number of pyridine rings is 1. The van der Waals surface area contributed by atoms with Crippen LogP contribution in [0.2, 0.25) is 0 Å². The van der Waals surface area contributed by atoms with Crippen LogP contribution in [0.25, 0.3) is 11.4 Å². The van der Waals surface area contributed by atoms with Crippen LogP contribution in [0.5, 0.6) is 0 Å². The molecule has 0 aliphatic rings. The largest absolute Gasteiger partial charge is 0.297 e. The molecule has 0 fully saturated rings. The standard InChI is InChI=1S/C13H18N4S/c1-3-6-11(4-2)17-12(15-16-13(17)18)10-7-5-8-14-9-10/h5,7-9,11H,3-4,6H2,1-2H3,(H,16,18). The summed E-state index contributed by atoms with van der Waals surface area (Å²) in [6.07, 6.45) is 6.88. The highest BCUT2D eigenvalue weighted by atomic mass is 32.1. The Kier molecular flexibility index (Phi) is 4.25. The maximum absolute atomic E-state index is 5.35. The van der Waals surface area contributed by atoms with Crippen molar-refractivity contribution in [1.82, 2.24) is 19.7 Å². The zero-order chi connectivity index (χ0) is 13.0. The Bertz CT molecular complexity index is 544. The maximum atomic E-state index is 5.35. The third-order valence-corrected chi connectivity index (χ3v) is 3.37. The lowest BCUT2D eigenvalue weighted by molar-refractivity contribution is 0.446. The van der Waals surface area contributed by atoms with Gasteiger partial charge in [-0.3, -0.25) is 14.6 Å². The molecule has 0 radical (unpaired) electrons. The normalized spacial score (nSPS) is 12.6. The fraction of sp³-hybridized carbons (Fsp3) is 0.462. The summed E-state index contributed by atoms with van der Waals surface area (Å²) in [5.41, 5.74) is 0.999. The lowest BCUT2D eigenvalue weighted by atomic mass is 10.1. The summed E-state index contributed by atoms with van der Waals surface area (Å²) in [5, 5.41) is 7.24. The maximum Gasteiger partial charge on any atom is 0.195 e. The first-order chi connectivity index (χ1) is 8.77. The zero-order valence-electron chi connectivity index (χ0n) is 10.8. The fourth-order valence-electron chi connectivity index (χ4n) is 2.19. The molecule has 2 rings (SSSR count). The van der Waals surface area contributed by atoms with Crippen molar-refractivity contribution in [2.75, 3.05) is 0 Å². The number of hydrogen-bond acceptors (Lipinski definition) is 3. The van der Waals surface area contributed by atoms with E-state index in [2.05, 4.69) is 33.6 Å². The summed E-state index contributed by atoms with van der Waals surface area (Å²) in [6, 6.07) is 4.32. The monoisotopic (exact) mass is 262 g/mol. The lowest BCUT2D eigenvalue weighted by Crippen LogP contribution is -2.09. The van der Waals surface area contributed by atoms with Gasteiger partial charge in [0, 0.05) is 24.0 Å². The van der Waals surface area contributed by atoms with Crippen molar-refractivity contribution in [1.29, 1.82) is 0 Å². The van der Waals surface area contributed by atoms with Crippen LogP contribution in [0.15, 0.2) is 24.5 Å². The van der Waals surface area contributed by atoms with Gasteiger partial charge in [-0.25, -0.2) is 0 Å². The van der Waals surface area contributed by atoms with Crippen LogP contribution in [-0.4, -0.2) is 19.7 Å². The number of hydrogen-bond donors (Lipinski definition) is 1. The van der Waals surface area contributed by atoms with Crippen molar-refractivity contribution in [3.05, 3.63) is 29.3 Å². The van der Waals surface area contributed by atoms with Crippen LogP contribution >= 0.6 is 12.2 Å². The fourth-order valence-corrected chi connectivity index (χ4v) is 2.47. The summed E-state index contributed by atoms with van der Waals surface area (Å²) >= 11 is 5.35. The molecule has 2 aromatic rings. The first-order valence-corrected chi connectivity index (χ1v) is 6.76. The molecule has 0 spiro atoms. The van der Waals surface area contributed by atoms with Crippen LogP contribution in [0.1, 0.15) is 39.2 Å². The Balaban J connectivity index is 2.47. The van der Waals surface area contributed by atoms with Crippen LogP contribution in [0.4, 0.5) is 0 Å². The second-order valence-corrected chi connectivity index (χ2v) is 4.70. The van der Waals surface area contributed by atoms with Crippen molar-refractivity contribution >= 4 is 12.2 Å². The Labute approximate surface area is 112 Å². The number of rotatable bonds is 5. The SMILES string of the molecule is CCCC(CC)n1c(-c2cccnc2)n[nH]c1=S. The minimum absolute atomic E-state index is 0.399. The van der Waals surface area contributed by atoms with Gasteiger partial charge in [0.25, 0.3) is 0 Å². The molecule has 4 nitrogen and oxygen atoms in total. The van der Waals surface area contributed by atoms with Gasteiger partial charge in [0.05, 0.1) is 0 Å². The van der Waals surface area contributed by atoms with E-state index in [0.717, 1.165) is 30.7 Å². The van der Waals surface area contributed by atoms with Gasteiger partial charge in [-0.1, -0.05) is 20.3 Å². The molecule has 2 heterocycles. The highest BCUT2D eigenvalue weighted by Crippen LogP contribution is 2.25. The van der Waals surface area contributed by atoms with Gasteiger partial charge in [0.15, 0.2) is 10.6 Å². The van der Waals surface area contributed by atoms with Crippen molar-refractivity contribution < 1.29 is 0 Å². The summed E-state index contributed by atoms with van der Waals surface area (Å²) in [7, 11) is 0. The van der Waals surface area contributed by atoms with E-state index < -0.39 is 0 Å². The first kappa shape index (κ1) is 13.0. The quantitative estimate of drug-likeness (QED) is 0.835. The van der Waals surface area contributed by atoms with Gasteiger partial charge in [-0.2, -0.15) is 5.10 Å². The molecule has 1 N–H and O–H groups in total. The predicted molar refractivity (Wildman–Crippen MR) is 74.9 cm³/mol. The molecule has 0 bridgehead atoms. The molecule has 1 atom stereocenters. The van der Waals surface area contributed by atoms with Crippen LogP contribution in [-0.2, 0) is 0 Å². The number of aromatic nitrogens is 4.